The molecule has 0 rings (SSSR count). The molecular weight excluding hydrogens is 146 g/mol. The summed E-state index contributed by atoms with van der Waals surface area (Å²) in [5.74, 6) is -1.16. The van der Waals surface area contributed by atoms with Crippen molar-refractivity contribution in [1.29, 1.82) is 0 Å². The van der Waals surface area contributed by atoms with Crippen LogP contribution in [-0.4, -0.2) is 51.4 Å². The fourth-order valence-electron chi connectivity index (χ4n) is 0.494. The summed E-state index contributed by atoms with van der Waals surface area (Å²) in [6, 6.07) is 0. The highest BCUT2D eigenvalue weighted by atomic mass is 16.5. The Labute approximate surface area is 67.0 Å². The number of ether oxygens (including phenoxy) is 1. The summed E-state index contributed by atoms with van der Waals surface area (Å²) in [6.45, 7) is 0.949. The number of rotatable bonds is 5. The van der Waals surface area contributed by atoms with E-state index in [-0.39, 0.29) is 6.61 Å². The molecule has 0 bridgehead atoms. The molecule has 0 saturated carbocycles. The minimum Gasteiger partial charge on any atom is -0.548 e. The molecule has 11 heavy (non-hydrogen) atoms. The van der Waals surface area contributed by atoms with E-state index in [0.29, 0.717) is 6.61 Å². The lowest BCUT2D eigenvalue weighted by molar-refractivity contribution is -0.870. The third-order valence-electron chi connectivity index (χ3n) is 1.13. The van der Waals surface area contributed by atoms with Gasteiger partial charge in [-0.2, -0.15) is 0 Å². The second kappa shape index (κ2) is 4.31. The van der Waals surface area contributed by atoms with Gasteiger partial charge in [-0.3, -0.25) is 0 Å². The van der Waals surface area contributed by atoms with Crippen LogP contribution in [0.1, 0.15) is 0 Å². The SMILES string of the molecule is C[N+](C)(C)CCOCC(=O)[O-]. The normalized spacial score (nSPS) is 11.5. The Morgan fingerprint density at radius 3 is 2.36 bits per heavy atom. The van der Waals surface area contributed by atoms with Crippen molar-refractivity contribution in [3.05, 3.63) is 0 Å². The van der Waals surface area contributed by atoms with Gasteiger partial charge < -0.3 is 19.1 Å². The molecule has 0 N–H and O–H groups in total. The van der Waals surface area contributed by atoms with Crippen LogP contribution in [0.2, 0.25) is 0 Å². The third-order valence-corrected chi connectivity index (χ3v) is 1.13. The van der Waals surface area contributed by atoms with Crippen molar-refractivity contribution < 1.29 is 19.1 Å². The van der Waals surface area contributed by atoms with Crippen molar-refractivity contribution >= 4 is 5.97 Å². The topological polar surface area (TPSA) is 49.4 Å². The average molecular weight is 161 g/mol. The molecule has 4 heteroatoms. The van der Waals surface area contributed by atoms with E-state index in [1.807, 2.05) is 21.1 Å². The average Bonchev–Trinajstić information content (AvgIpc) is 1.78. The van der Waals surface area contributed by atoms with E-state index in [1.165, 1.54) is 0 Å². The fraction of sp³-hybridized carbons (Fsp3) is 0.857. The van der Waals surface area contributed by atoms with E-state index < -0.39 is 5.97 Å². The largest absolute Gasteiger partial charge is 0.548 e. The predicted molar refractivity (Wildman–Crippen MR) is 38.7 cm³/mol. The Balaban J connectivity index is 3.22. The van der Waals surface area contributed by atoms with Crippen molar-refractivity contribution in [2.24, 2.45) is 0 Å². The first-order valence-corrected chi connectivity index (χ1v) is 3.50. The number of carboxylic acids is 1. The zero-order chi connectivity index (χ0) is 8.91. The van der Waals surface area contributed by atoms with Crippen LogP contribution in [0.15, 0.2) is 0 Å². The van der Waals surface area contributed by atoms with Crippen LogP contribution in [0, 0.1) is 0 Å². The van der Waals surface area contributed by atoms with Gasteiger partial charge in [-0.15, -0.1) is 0 Å². The molecule has 0 radical (unpaired) electrons. The number of carbonyl (C=O) groups excluding carboxylic acids is 1. The molecule has 0 aromatic carbocycles. The zero-order valence-corrected chi connectivity index (χ0v) is 7.29. The van der Waals surface area contributed by atoms with Crippen LogP contribution in [0.3, 0.4) is 0 Å². The number of carboxylic acid groups (broad SMARTS) is 1. The summed E-state index contributed by atoms with van der Waals surface area (Å²) < 4.78 is 5.56. The minimum absolute atomic E-state index is 0.306. The van der Waals surface area contributed by atoms with Crippen LogP contribution in [-0.2, 0) is 9.53 Å². The zero-order valence-electron chi connectivity index (χ0n) is 7.29. The summed E-state index contributed by atoms with van der Waals surface area (Å²) in [5, 5.41) is 9.88. The van der Waals surface area contributed by atoms with Gasteiger partial charge in [0, 0.05) is 0 Å². The van der Waals surface area contributed by atoms with Gasteiger partial charge in [-0.05, 0) is 0 Å². The number of aliphatic carboxylic acids is 1. The molecule has 0 amide bonds. The summed E-state index contributed by atoms with van der Waals surface area (Å²) >= 11 is 0. The Kier molecular flexibility index (Phi) is 4.07. The van der Waals surface area contributed by atoms with E-state index in [4.69, 9.17) is 4.74 Å². The van der Waals surface area contributed by atoms with Gasteiger partial charge in [-0.1, -0.05) is 0 Å². The van der Waals surface area contributed by atoms with Crippen LogP contribution in [0.25, 0.3) is 0 Å². The summed E-state index contributed by atoms with van der Waals surface area (Å²) in [4.78, 5) is 9.88. The molecule has 0 aliphatic rings. The molecule has 0 saturated heterocycles. The lowest BCUT2D eigenvalue weighted by Gasteiger charge is -2.23. The molecule has 0 atom stereocenters. The molecule has 0 aromatic heterocycles. The molecule has 0 spiro atoms. The smallest absolute Gasteiger partial charge is 0.102 e. The van der Waals surface area contributed by atoms with Gasteiger partial charge in [0.25, 0.3) is 0 Å². The highest BCUT2D eigenvalue weighted by molar-refractivity contribution is 5.65. The first-order chi connectivity index (χ1) is 4.92. The number of hydrogen-bond donors (Lipinski definition) is 0. The Morgan fingerprint density at radius 1 is 1.45 bits per heavy atom. The van der Waals surface area contributed by atoms with Gasteiger partial charge in [0.05, 0.1) is 40.3 Å². The number of quaternary nitrogens is 1. The molecule has 4 nitrogen and oxygen atoms in total. The molecule has 0 heterocycles. The molecule has 0 fully saturated rings. The van der Waals surface area contributed by atoms with Gasteiger partial charge in [0.1, 0.15) is 6.54 Å². The maximum absolute atomic E-state index is 9.88. The summed E-state index contributed by atoms with van der Waals surface area (Å²) in [6.07, 6.45) is 0. The predicted octanol–water partition coefficient (Wildman–Crippen LogP) is -1.54. The highest BCUT2D eigenvalue weighted by Gasteiger charge is 2.04. The van der Waals surface area contributed by atoms with E-state index in [9.17, 15) is 9.90 Å². The maximum Gasteiger partial charge on any atom is 0.102 e. The van der Waals surface area contributed by atoms with Crippen molar-refractivity contribution in [2.75, 3.05) is 40.9 Å². The standard InChI is InChI=1S/C7H15NO3/c1-8(2,3)4-5-11-6-7(9)10/h4-6H2,1-3H3. The van der Waals surface area contributed by atoms with Crippen molar-refractivity contribution in [1.82, 2.24) is 0 Å². The molecular formula is C7H15NO3. The Bertz CT molecular complexity index is 128. The molecule has 0 aromatic rings. The first-order valence-electron chi connectivity index (χ1n) is 3.50. The monoisotopic (exact) mass is 161 g/mol. The number of carbonyl (C=O) groups is 1. The van der Waals surface area contributed by atoms with Gasteiger partial charge >= 0.3 is 0 Å². The minimum atomic E-state index is -1.16. The van der Waals surface area contributed by atoms with Crippen molar-refractivity contribution in [3.63, 3.8) is 0 Å². The van der Waals surface area contributed by atoms with Crippen LogP contribution >= 0.6 is 0 Å². The van der Waals surface area contributed by atoms with E-state index in [1.54, 1.807) is 0 Å². The second-order valence-electron chi connectivity index (χ2n) is 3.44. The van der Waals surface area contributed by atoms with E-state index >= 15 is 0 Å². The van der Waals surface area contributed by atoms with Gasteiger partial charge in [0.15, 0.2) is 0 Å². The van der Waals surface area contributed by atoms with Crippen LogP contribution < -0.4 is 5.11 Å². The Hall–Kier alpha value is -0.610. The van der Waals surface area contributed by atoms with E-state index in [2.05, 4.69) is 0 Å². The van der Waals surface area contributed by atoms with Gasteiger partial charge in [0.2, 0.25) is 0 Å². The molecule has 0 unspecified atom stereocenters. The number of hydrogen-bond acceptors (Lipinski definition) is 3. The highest BCUT2D eigenvalue weighted by Crippen LogP contribution is 1.88. The fourth-order valence-corrected chi connectivity index (χ4v) is 0.494. The third kappa shape index (κ3) is 9.39. The number of likely N-dealkylation sites (N-methyl/N-ethyl adjacent to an activating group) is 1. The molecule has 0 aliphatic carbocycles. The van der Waals surface area contributed by atoms with Gasteiger partial charge in [-0.25, -0.2) is 0 Å². The van der Waals surface area contributed by atoms with Crippen LogP contribution in [0.4, 0.5) is 0 Å². The van der Waals surface area contributed by atoms with E-state index in [0.717, 1.165) is 11.0 Å². The molecule has 66 valence electrons. The lowest BCUT2D eigenvalue weighted by atomic mass is 10.5. The second-order valence-corrected chi connectivity index (χ2v) is 3.44. The molecule has 0 aliphatic heterocycles. The first kappa shape index (κ1) is 10.4. The number of nitrogens with zero attached hydrogens (tertiary/aromatic N) is 1. The summed E-state index contributed by atoms with van der Waals surface area (Å²) in [5.41, 5.74) is 0. The Morgan fingerprint density at radius 2 is 2.00 bits per heavy atom. The maximum atomic E-state index is 9.88. The summed E-state index contributed by atoms with van der Waals surface area (Å²) in [7, 11) is 6.05. The van der Waals surface area contributed by atoms with Crippen molar-refractivity contribution in [2.45, 2.75) is 0 Å². The van der Waals surface area contributed by atoms with Crippen molar-refractivity contribution in [3.8, 4) is 0 Å². The van der Waals surface area contributed by atoms with Crippen LogP contribution in [0.5, 0.6) is 0 Å². The quantitative estimate of drug-likeness (QED) is 0.362. The lowest BCUT2D eigenvalue weighted by Crippen LogP contribution is -2.38.